The molecule has 1 heterocycles. The molecule has 0 aliphatic carbocycles. The molecule has 3 N–H and O–H groups in total. The Bertz CT molecular complexity index is 815. The summed E-state index contributed by atoms with van der Waals surface area (Å²) in [6, 6.07) is 15.8. The van der Waals surface area contributed by atoms with Gasteiger partial charge in [0.25, 0.3) is 5.91 Å². The highest BCUT2D eigenvalue weighted by molar-refractivity contribution is 6.31. The molecule has 110 valence electrons. The molecule has 0 atom stereocenters. The second-order valence-electron chi connectivity index (χ2n) is 4.63. The van der Waals surface area contributed by atoms with E-state index in [9.17, 15) is 4.79 Å². The van der Waals surface area contributed by atoms with Crippen LogP contribution in [0, 0.1) is 0 Å². The minimum absolute atomic E-state index is 0.248. The van der Waals surface area contributed by atoms with Crippen molar-refractivity contribution in [2.24, 2.45) is 0 Å². The van der Waals surface area contributed by atoms with Crippen LogP contribution in [0.15, 0.2) is 59.1 Å². The molecule has 0 unspecified atom stereocenters. The molecule has 0 spiro atoms. The van der Waals surface area contributed by atoms with Crippen LogP contribution in [0.2, 0.25) is 5.02 Å². The summed E-state index contributed by atoms with van der Waals surface area (Å²) >= 11 is 5.81. The SMILES string of the molecule is Nc1cc(Cl)ccc1C(=O)Nc1cc(-c2ccccc2)no1. The van der Waals surface area contributed by atoms with Crippen molar-refractivity contribution < 1.29 is 9.32 Å². The molecular weight excluding hydrogens is 302 g/mol. The predicted molar refractivity (Wildman–Crippen MR) is 85.8 cm³/mol. The Morgan fingerprint density at radius 3 is 2.64 bits per heavy atom. The summed E-state index contributed by atoms with van der Waals surface area (Å²) in [6.07, 6.45) is 0. The van der Waals surface area contributed by atoms with Crippen LogP contribution in [-0.4, -0.2) is 11.1 Å². The van der Waals surface area contributed by atoms with E-state index in [4.69, 9.17) is 21.9 Å². The van der Waals surface area contributed by atoms with Crippen LogP contribution in [0.3, 0.4) is 0 Å². The number of benzene rings is 2. The first-order valence-electron chi connectivity index (χ1n) is 6.52. The fourth-order valence-corrected chi connectivity index (χ4v) is 2.18. The zero-order valence-electron chi connectivity index (χ0n) is 11.4. The van der Waals surface area contributed by atoms with Gasteiger partial charge in [-0.3, -0.25) is 10.1 Å². The lowest BCUT2D eigenvalue weighted by Gasteiger charge is -2.04. The number of rotatable bonds is 3. The molecule has 1 aromatic heterocycles. The van der Waals surface area contributed by atoms with Crippen LogP contribution in [-0.2, 0) is 0 Å². The number of anilines is 2. The number of hydrogen-bond donors (Lipinski definition) is 2. The lowest BCUT2D eigenvalue weighted by Crippen LogP contribution is -2.13. The third-order valence-corrected chi connectivity index (χ3v) is 3.31. The highest BCUT2D eigenvalue weighted by Crippen LogP contribution is 2.23. The van der Waals surface area contributed by atoms with Crippen LogP contribution in [0.4, 0.5) is 11.6 Å². The molecule has 0 aliphatic rings. The van der Waals surface area contributed by atoms with Crippen LogP contribution in [0.25, 0.3) is 11.3 Å². The molecule has 0 saturated carbocycles. The fourth-order valence-electron chi connectivity index (χ4n) is 2.00. The highest BCUT2D eigenvalue weighted by atomic mass is 35.5. The van der Waals surface area contributed by atoms with Crippen LogP contribution < -0.4 is 11.1 Å². The number of carbonyl (C=O) groups is 1. The van der Waals surface area contributed by atoms with Gasteiger partial charge >= 0.3 is 0 Å². The molecule has 0 radical (unpaired) electrons. The van der Waals surface area contributed by atoms with E-state index in [2.05, 4.69) is 10.5 Å². The second kappa shape index (κ2) is 5.91. The van der Waals surface area contributed by atoms with Gasteiger partial charge in [0.05, 0.1) is 5.56 Å². The average Bonchev–Trinajstić information content (AvgIpc) is 2.96. The molecule has 0 fully saturated rings. The topological polar surface area (TPSA) is 81.2 Å². The van der Waals surface area contributed by atoms with E-state index < -0.39 is 0 Å². The second-order valence-corrected chi connectivity index (χ2v) is 5.06. The van der Waals surface area contributed by atoms with Crippen molar-refractivity contribution in [3.05, 3.63) is 65.2 Å². The van der Waals surface area contributed by atoms with Gasteiger partial charge in [0.2, 0.25) is 5.88 Å². The van der Waals surface area contributed by atoms with Gasteiger partial charge in [-0.05, 0) is 18.2 Å². The average molecular weight is 314 g/mol. The van der Waals surface area contributed by atoms with Gasteiger partial charge in [-0.15, -0.1) is 0 Å². The monoisotopic (exact) mass is 313 g/mol. The molecule has 0 bridgehead atoms. The third kappa shape index (κ3) is 2.94. The van der Waals surface area contributed by atoms with Gasteiger partial charge in [-0.2, -0.15) is 0 Å². The summed E-state index contributed by atoms with van der Waals surface area (Å²) in [7, 11) is 0. The summed E-state index contributed by atoms with van der Waals surface area (Å²) in [6.45, 7) is 0. The summed E-state index contributed by atoms with van der Waals surface area (Å²) in [5, 5.41) is 7.02. The molecular formula is C16H12ClN3O2. The van der Waals surface area contributed by atoms with Gasteiger partial charge < -0.3 is 10.3 Å². The Morgan fingerprint density at radius 2 is 1.91 bits per heavy atom. The largest absolute Gasteiger partial charge is 0.398 e. The smallest absolute Gasteiger partial charge is 0.260 e. The minimum Gasteiger partial charge on any atom is -0.398 e. The maximum Gasteiger partial charge on any atom is 0.260 e. The Hall–Kier alpha value is -2.79. The van der Waals surface area contributed by atoms with Gasteiger partial charge in [0.1, 0.15) is 5.69 Å². The molecule has 5 nitrogen and oxygen atoms in total. The van der Waals surface area contributed by atoms with Crippen molar-refractivity contribution in [2.75, 3.05) is 11.1 Å². The van der Waals surface area contributed by atoms with Crippen molar-refractivity contribution in [1.82, 2.24) is 5.16 Å². The van der Waals surface area contributed by atoms with Gasteiger partial charge in [0.15, 0.2) is 0 Å². The zero-order chi connectivity index (χ0) is 15.5. The van der Waals surface area contributed by atoms with Crippen molar-refractivity contribution >= 4 is 29.1 Å². The molecule has 3 rings (SSSR count). The molecule has 22 heavy (non-hydrogen) atoms. The Kier molecular flexibility index (Phi) is 3.80. The van der Waals surface area contributed by atoms with E-state index >= 15 is 0 Å². The summed E-state index contributed by atoms with van der Waals surface area (Å²) in [5.41, 5.74) is 7.94. The van der Waals surface area contributed by atoms with Crippen molar-refractivity contribution in [3.8, 4) is 11.3 Å². The third-order valence-electron chi connectivity index (χ3n) is 3.07. The zero-order valence-corrected chi connectivity index (χ0v) is 12.2. The molecule has 0 aliphatic heterocycles. The normalized spacial score (nSPS) is 10.4. The van der Waals surface area contributed by atoms with Crippen LogP contribution >= 0.6 is 11.6 Å². The number of carbonyl (C=O) groups excluding carboxylic acids is 1. The number of nitrogens with two attached hydrogens (primary N) is 1. The number of halogens is 1. The lowest BCUT2D eigenvalue weighted by molar-refractivity contribution is 0.102. The van der Waals surface area contributed by atoms with Crippen molar-refractivity contribution in [3.63, 3.8) is 0 Å². The van der Waals surface area contributed by atoms with E-state index in [1.165, 1.54) is 6.07 Å². The van der Waals surface area contributed by atoms with Gasteiger partial charge in [-0.25, -0.2) is 0 Å². The summed E-state index contributed by atoms with van der Waals surface area (Å²) < 4.78 is 5.13. The molecule has 2 aromatic carbocycles. The maximum absolute atomic E-state index is 12.2. The first kappa shape index (κ1) is 14.2. The van der Waals surface area contributed by atoms with E-state index in [1.54, 1.807) is 18.2 Å². The van der Waals surface area contributed by atoms with Crippen molar-refractivity contribution in [1.29, 1.82) is 0 Å². The van der Waals surface area contributed by atoms with E-state index in [-0.39, 0.29) is 11.8 Å². The highest BCUT2D eigenvalue weighted by Gasteiger charge is 2.13. The Labute approximate surface area is 131 Å². The lowest BCUT2D eigenvalue weighted by atomic mass is 10.1. The number of amides is 1. The summed E-state index contributed by atoms with van der Waals surface area (Å²) in [4.78, 5) is 12.2. The predicted octanol–water partition coefficient (Wildman–Crippen LogP) is 3.83. The number of nitrogens with zero attached hydrogens (tertiary/aromatic N) is 1. The van der Waals surface area contributed by atoms with Crippen LogP contribution in [0.5, 0.6) is 0 Å². The molecule has 1 amide bonds. The summed E-state index contributed by atoms with van der Waals surface area (Å²) in [5.74, 6) is -0.136. The van der Waals surface area contributed by atoms with Gasteiger partial charge in [-0.1, -0.05) is 47.1 Å². The quantitative estimate of drug-likeness (QED) is 0.720. The maximum atomic E-state index is 12.2. The first-order chi connectivity index (χ1) is 10.6. The first-order valence-corrected chi connectivity index (χ1v) is 6.90. The number of nitrogens with one attached hydrogen (secondary N) is 1. The Balaban J connectivity index is 1.79. The van der Waals surface area contributed by atoms with Crippen molar-refractivity contribution in [2.45, 2.75) is 0 Å². The molecule has 3 aromatic rings. The van der Waals surface area contributed by atoms with E-state index in [0.29, 0.717) is 22.0 Å². The minimum atomic E-state index is -0.384. The van der Waals surface area contributed by atoms with E-state index in [1.807, 2.05) is 30.3 Å². The Morgan fingerprint density at radius 1 is 1.14 bits per heavy atom. The number of nitrogen functional groups attached to an aromatic ring is 1. The number of hydrogen-bond acceptors (Lipinski definition) is 4. The standard InChI is InChI=1S/C16H12ClN3O2/c17-11-6-7-12(13(18)8-11)16(21)19-15-9-14(20-22-15)10-4-2-1-3-5-10/h1-9H,18H2,(H,19,21). The molecule has 6 heteroatoms. The molecule has 0 saturated heterocycles. The van der Waals surface area contributed by atoms with Crippen LogP contribution in [0.1, 0.15) is 10.4 Å². The number of aromatic nitrogens is 1. The van der Waals surface area contributed by atoms with Gasteiger partial charge in [0, 0.05) is 22.3 Å². The fraction of sp³-hybridized carbons (Fsp3) is 0. The van der Waals surface area contributed by atoms with E-state index in [0.717, 1.165) is 5.56 Å².